The van der Waals surface area contributed by atoms with Crippen LogP contribution in [-0.2, 0) is 16.6 Å². The van der Waals surface area contributed by atoms with Crippen LogP contribution in [0, 0.1) is 12.7 Å². The molecule has 0 fully saturated rings. The quantitative estimate of drug-likeness (QED) is 0.528. The summed E-state index contributed by atoms with van der Waals surface area (Å²) in [5.41, 5.74) is 3.49. The smallest absolute Gasteiger partial charge is 0.240 e. The molecule has 6 nitrogen and oxygen atoms in total. The van der Waals surface area contributed by atoms with Gasteiger partial charge in [0.05, 0.1) is 4.90 Å². The van der Waals surface area contributed by atoms with E-state index < -0.39 is 15.8 Å². The maximum absolute atomic E-state index is 13.1. The molecule has 148 valence electrons. The number of nitrogens with zero attached hydrogens (tertiary/aromatic N) is 3. The fourth-order valence-electron chi connectivity index (χ4n) is 3.08. The molecule has 0 saturated carbocycles. The molecule has 0 aliphatic heterocycles. The third-order valence-electron chi connectivity index (χ3n) is 4.56. The van der Waals surface area contributed by atoms with Crippen LogP contribution in [0.2, 0.25) is 0 Å². The number of halogens is 1. The molecule has 0 radical (unpaired) electrons. The van der Waals surface area contributed by atoms with Crippen LogP contribution >= 0.6 is 0 Å². The predicted molar refractivity (Wildman–Crippen MR) is 109 cm³/mol. The van der Waals surface area contributed by atoms with E-state index in [1.807, 2.05) is 47.9 Å². The number of benzene rings is 2. The number of imidazole rings is 1. The van der Waals surface area contributed by atoms with Crippen molar-refractivity contribution < 1.29 is 12.8 Å². The molecule has 0 aliphatic rings. The van der Waals surface area contributed by atoms with Gasteiger partial charge in [-0.3, -0.25) is 0 Å². The second kappa shape index (κ2) is 7.73. The van der Waals surface area contributed by atoms with Gasteiger partial charge in [0.25, 0.3) is 0 Å². The molecule has 8 heteroatoms. The highest BCUT2D eigenvalue weighted by atomic mass is 32.2. The fraction of sp³-hybridized carbons (Fsp3) is 0.143. The third-order valence-corrected chi connectivity index (χ3v) is 6.04. The van der Waals surface area contributed by atoms with Crippen LogP contribution in [0.3, 0.4) is 0 Å². The van der Waals surface area contributed by atoms with E-state index >= 15 is 0 Å². The number of hydrogen-bond donors (Lipinski definition) is 1. The number of sulfonamides is 1. The molecular weight excluding hydrogens is 391 g/mol. The average Bonchev–Trinajstić information content (AvgIpc) is 3.07. The van der Waals surface area contributed by atoms with Gasteiger partial charge in [-0.25, -0.2) is 27.5 Å². The van der Waals surface area contributed by atoms with Crippen molar-refractivity contribution in [1.82, 2.24) is 19.3 Å². The molecule has 29 heavy (non-hydrogen) atoms. The van der Waals surface area contributed by atoms with Gasteiger partial charge in [-0.1, -0.05) is 29.8 Å². The van der Waals surface area contributed by atoms with E-state index in [9.17, 15) is 12.8 Å². The number of pyridine rings is 1. The van der Waals surface area contributed by atoms with Gasteiger partial charge in [0, 0.05) is 24.8 Å². The van der Waals surface area contributed by atoms with Gasteiger partial charge in [0.1, 0.15) is 17.2 Å². The third kappa shape index (κ3) is 4.03. The maximum Gasteiger partial charge on any atom is 0.240 e. The summed E-state index contributed by atoms with van der Waals surface area (Å²) in [6.07, 6.45) is 1.68. The van der Waals surface area contributed by atoms with Crippen molar-refractivity contribution in [2.75, 3.05) is 6.54 Å². The summed E-state index contributed by atoms with van der Waals surface area (Å²) in [5, 5.41) is 0. The van der Waals surface area contributed by atoms with Crippen LogP contribution < -0.4 is 4.72 Å². The topological polar surface area (TPSA) is 76.9 Å². The maximum atomic E-state index is 13.1. The molecular formula is C21H19FN4O2S. The van der Waals surface area contributed by atoms with E-state index in [1.54, 1.807) is 6.20 Å². The van der Waals surface area contributed by atoms with Crippen molar-refractivity contribution in [1.29, 1.82) is 0 Å². The highest BCUT2D eigenvalue weighted by Gasteiger charge is 2.16. The van der Waals surface area contributed by atoms with Crippen molar-refractivity contribution in [2.45, 2.75) is 18.4 Å². The Balaban J connectivity index is 1.61. The summed E-state index contributed by atoms with van der Waals surface area (Å²) in [6.45, 7) is 2.50. The summed E-state index contributed by atoms with van der Waals surface area (Å²) < 4.78 is 42.4. The Morgan fingerprint density at radius 1 is 1.03 bits per heavy atom. The van der Waals surface area contributed by atoms with Crippen molar-refractivity contribution in [3.8, 4) is 11.4 Å². The Bertz CT molecular complexity index is 1250. The largest absolute Gasteiger partial charge is 0.307 e. The van der Waals surface area contributed by atoms with Crippen LogP contribution in [0.4, 0.5) is 4.39 Å². The number of hydrogen-bond acceptors (Lipinski definition) is 4. The first-order valence-corrected chi connectivity index (χ1v) is 10.6. The molecule has 2 heterocycles. The summed E-state index contributed by atoms with van der Waals surface area (Å²) in [6, 6.07) is 16.4. The minimum atomic E-state index is -3.74. The average molecular weight is 410 g/mol. The lowest BCUT2D eigenvalue weighted by molar-refractivity contribution is 0.573. The van der Waals surface area contributed by atoms with Crippen LogP contribution in [0.15, 0.2) is 71.8 Å². The van der Waals surface area contributed by atoms with Crippen molar-refractivity contribution in [3.63, 3.8) is 0 Å². The molecule has 0 bridgehead atoms. The summed E-state index contributed by atoms with van der Waals surface area (Å²) in [4.78, 5) is 9.11. The van der Waals surface area contributed by atoms with E-state index in [0.717, 1.165) is 34.6 Å². The SMILES string of the molecule is Cc1ccc(-c2nc3cccnc3n2CCNS(=O)(=O)c2ccc(F)cc2)cc1. The highest BCUT2D eigenvalue weighted by Crippen LogP contribution is 2.24. The Kier molecular flexibility index (Phi) is 5.12. The molecule has 0 spiro atoms. The van der Waals surface area contributed by atoms with Gasteiger partial charge >= 0.3 is 0 Å². The van der Waals surface area contributed by atoms with Crippen molar-refractivity contribution in [2.24, 2.45) is 0 Å². The van der Waals surface area contributed by atoms with E-state index in [1.165, 1.54) is 12.1 Å². The fourth-order valence-corrected chi connectivity index (χ4v) is 4.10. The molecule has 0 unspecified atom stereocenters. The number of rotatable bonds is 6. The molecule has 2 aromatic heterocycles. The Hall–Kier alpha value is -3.10. The lowest BCUT2D eigenvalue weighted by atomic mass is 10.1. The van der Waals surface area contributed by atoms with Gasteiger partial charge in [0.2, 0.25) is 10.0 Å². The highest BCUT2D eigenvalue weighted by molar-refractivity contribution is 7.89. The molecule has 0 amide bonds. The van der Waals surface area contributed by atoms with Crippen LogP contribution in [-0.4, -0.2) is 29.5 Å². The molecule has 4 aromatic rings. The van der Waals surface area contributed by atoms with Crippen LogP contribution in [0.5, 0.6) is 0 Å². The zero-order chi connectivity index (χ0) is 20.4. The molecule has 4 rings (SSSR count). The van der Waals surface area contributed by atoms with Gasteiger partial charge < -0.3 is 4.57 Å². The summed E-state index contributed by atoms with van der Waals surface area (Å²) >= 11 is 0. The Morgan fingerprint density at radius 2 is 1.76 bits per heavy atom. The van der Waals surface area contributed by atoms with Gasteiger partial charge in [0.15, 0.2) is 5.65 Å². The predicted octanol–water partition coefficient (Wildman–Crippen LogP) is 3.52. The molecule has 0 aliphatic carbocycles. The van der Waals surface area contributed by atoms with Crippen molar-refractivity contribution >= 4 is 21.2 Å². The number of aromatic nitrogens is 3. The minimum Gasteiger partial charge on any atom is -0.307 e. The number of nitrogens with one attached hydrogen (secondary N) is 1. The van der Waals surface area contributed by atoms with Crippen LogP contribution in [0.25, 0.3) is 22.6 Å². The van der Waals surface area contributed by atoms with Gasteiger partial charge in [-0.05, 0) is 43.3 Å². The Labute approximate surface area is 168 Å². The standard InChI is InChI=1S/C21H19FN4O2S/c1-15-4-6-16(7-5-15)20-25-19-3-2-12-23-21(19)26(20)14-13-24-29(27,28)18-10-8-17(22)9-11-18/h2-12,24H,13-14H2,1H3. The van der Waals surface area contributed by atoms with E-state index in [0.29, 0.717) is 12.2 Å². The Morgan fingerprint density at radius 3 is 2.48 bits per heavy atom. The first-order valence-electron chi connectivity index (χ1n) is 9.07. The second-order valence-electron chi connectivity index (χ2n) is 6.65. The van der Waals surface area contributed by atoms with Crippen molar-refractivity contribution in [3.05, 3.63) is 78.2 Å². The van der Waals surface area contributed by atoms with E-state index in [4.69, 9.17) is 0 Å². The first-order chi connectivity index (χ1) is 13.9. The molecule has 1 N–H and O–H groups in total. The minimum absolute atomic E-state index is 0.0197. The van der Waals surface area contributed by atoms with Gasteiger partial charge in [-0.2, -0.15) is 0 Å². The first kappa shape index (κ1) is 19.2. The monoisotopic (exact) mass is 410 g/mol. The molecule has 2 aromatic carbocycles. The second-order valence-corrected chi connectivity index (χ2v) is 8.42. The number of fused-ring (bicyclic) bond motifs is 1. The number of aryl methyl sites for hydroxylation is 1. The van der Waals surface area contributed by atoms with Crippen LogP contribution in [0.1, 0.15) is 5.56 Å². The zero-order valence-electron chi connectivity index (χ0n) is 15.7. The molecule has 0 atom stereocenters. The van der Waals surface area contributed by atoms with Gasteiger partial charge in [-0.15, -0.1) is 0 Å². The lowest BCUT2D eigenvalue weighted by Crippen LogP contribution is -2.27. The normalized spacial score (nSPS) is 11.8. The van der Waals surface area contributed by atoms with E-state index in [-0.39, 0.29) is 11.4 Å². The zero-order valence-corrected chi connectivity index (χ0v) is 16.5. The summed E-state index contributed by atoms with van der Waals surface area (Å²) in [7, 11) is -3.74. The lowest BCUT2D eigenvalue weighted by Gasteiger charge is -2.11. The molecule has 0 saturated heterocycles. The summed E-state index contributed by atoms with van der Waals surface area (Å²) in [5.74, 6) is 0.238. The van der Waals surface area contributed by atoms with E-state index in [2.05, 4.69) is 14.7 Å².